The van der Waals surface area contributed by atoms with E-state index in [2.05, 4.69) is 0 Å². The quantitative estimate of drug-likeness (QED) is 0.415. The van der Waals surface area contributed by atoms with E-state index in [1.165, 1.54) is 5.57 Å². The fourth-order valence-corrected chi connectivity index (χ4v) is 0.246. The van der Waals surface area contributed by atoms with Gasteiger partial charge in [0.25, 0.3) is 0 Å². The lowest BCUT2D eigenvalue weighted by Crippen LogP contribution is -2.01. The van der Waals surface area contributed by atoms with Crippen molar-refractivity contribution >= 4 is 0 Å². The molecule has 0 aliphatic rings. The molecule has 0 radical (unpaired) electrons. The lowest BCUT2D eigenvalue weighted by Gasteiger charge is -2.00. The van der Waals surface area contributed by atoms with E-state index >= 15 is 0 Å². The van der Waals surface area contributed by atoms with Gasteiger partial charge >= 0.3 is 0 Å². The number of hydrogen-bond donors (Lipinski definition) is 1. The van der Waals surface area contributed by atoms with Gasteiger partial charge in [-0.25, -0.2) is 0 Å². The minimum atomic E-state index is 0.433. The molecule has 2 heteroatoms. The van der Waals surface area contributed by atoms with Gasteiger partial charge in [0.15, 0.2) is 0 Å². The third kappa shape index (κ3) is 5.66. The molecule has 0 aliphatic heterocycles. The molecule has 0 atom stereocenters. The van der Waals surface area contributed by atoms with Crippen molar-refractivity contribution in [3.63, 3.8) is 0 Å². The van der Waals surface area contributed by atoms with Gasteiger partial charge in [-0.15, -0.1) is 0 Å². The third-order valence-corrected chi connectivity index (χ3v) is 0.594. The Hall–Kier alpha value is -0.340. The van der Waals surface area contributed by atoms with E-state index in [9.17, 15) is 5.21 Å². The van der Waals surface area contributed by atoms with E-state index < -0.39 is 0 Å². The number of allylic oxidation sites excluding steroid dienone is 1. The maximum Gasteiger partial charge on any atom is 0.00196 e. The molecule has 0 fully saturated rings. The fourth-order valence-electron chi connectivity index (χ4n) is 0.246. The van der Waals surface area contributed by atoms with Crippen molar-refractivity contribution in [2.45, 2.75) is 13.8 Å². The maximum atomic E-state index is 9.54. The Morgan fingerprint density at radius 2 is 2.29 bits per heavy atom. The van der Waals surface area contributed by atoms with Crippen molar-refractivity contribution < 1.29 is 0 Å². The zero-order valence-corrected chi connectivity index (χ0v) is 4.69. The Morgan fingerprint density at radius 1 is 1.71 bits per heavy atom. The highest BCUT2D eigenvalue weighted by Gasteiger charge is 1.68. The first-order valence-electron chi connectivity index (χ1n) is 2.25. The van der Waals surface area contributed by atoms with Crippen LogP contribution in [0, 0.1) is 5.21 Å². The average molecular weight is 100 g/mol. The predicted molar refractivity (Wildman–Crippen MR) is 30.8 cm³/mol. The summed E-state index contributed by atoms with van der Waals surface area (Å²) in [4.78, 5) is 0. The Bertz CT molecular complexity index is 64.5. The number of hydrogen-bond acceptors (Lipinski definition) is 2. The van der Waals surface area contributed by atoms with Crippen LogP contribution < -0.4 is 5.48 Å². The lowest BCUT2D eigenvalue weighted by atomic mass is 10.3. The predicted octanol–water partition coefficient (Wildman–Crippen LogP) is 1.04. The summed E-state index contributed by atoms with van der Waals surface area (Å²) < 4.78 is 0. The zero-order valence-electron chi connectivity index (χ0n) is 4.69. The number of hydroxylamine groups is 1. The van der Waals surface area contributed by atoms with Crippen LogP contribution in [0.3, 0.4) is 0 Å². The standard InChI is InChI=1S/C5H10NO/c1-5(2)3-4-6-7/h3,6H,4H2,1-2H3/q-1. The van der Waals surface area contributed by atoms with Crippen LogP contribution in [0.15, 0.2) is 11.6 Å². The molecule has 0 bridgehead atoms. The summed E-state index contributed by atoms with van der Waals surface area (Å²) in [7, 11) is 0. The molecule has 0 aromatic rings. The number of rotatable bonds is 2. The molecule has 0 saturated heterocycles. The summed E-state index contributed by atoms with van der Waals surface area (Å²) in [5.74, 6) is 0. The third-order valence-electron chi connectivity index (χ3n) is 0.594. The van der Waals surface area contributed by atoms with E-state index in [0.717, 1.165) is 0 Å². The molecule has 2 nitrogen and oxygen atoms in total. The average Bonchev–Trinajstić information content (AvgIpc) is 1.61. The highest BCUT2D eigenvalue weighted by atomic mass is 16.5. The van der Waals surface area contributed by atoms with Gasteiger partial charge in [0.2, 0.25) is 0 Å². The van der Waals surface area contributed by atoms with Gasteiger partial charge in [0, 0.05) is 6.54 Å². The Morgan fingerprint density at radius 3 is 2.43 bits per heavy atom. The summed E-state index contributed by atoms with van der Waals surface area (Å²) in [6.07, 6.45) is 1.84. The molecule has 0 saturated carbocycles. The highest BCUT2D eigenvalue weighted by Crippen LogP contribution is 1.83. The molecule has 0 spiro atoms. The molecule has 0 aliphatic carbocycles. The molecule has 0 aromatic carbocycles. The van der Waals surface area contributed by atoms with Gasteiger partial charge in [-0.05, 0) is 13.8 Å². The summed E-state index contributed by atoms with van der Waals surface area (Å²) in [5.41, 5.74) is 2.94. The molecule has 0 rings (SSSR count). The van der Waals surface area contributed by atoms with E-state index in [-0.39, 0.29) is 0 Å². The van der Waals surface area contributed by atoms with Crippen molar-refractivity contribution in [1.82, 2.24) is 5.48 Å². The molecule has 0 amide bonds. The van der Waals surface area contributed by atoms with Crippen molar-refractivity contribution in [3.05, 3.63) is 16.9 Å². The maximum absolute atomic E-state index is 9.54. The topological polar surface area (TPSA) is 35.1 Å². The smallest absolute Gasteiger partial charge is 0.00196 e. The first-order valence-corrected chi connectivity index (χ1v) is 2.25. The van der Waals surface area contributed by atoms with E-state index in [1.54, 1.807) is 5.48 Å². The van der Waals surface area contributed by atoms with E-state index in [0.29, 0.717) is 6.54 Å². The van der Waals surface area contributed by atoms with Crippen LogP contribution in [0.1, 0.15) is 13.8 Å². The largest absolute Gasteiger partial charge is 0.788 e. The van der Waals surface area contributed by atoms with Crippen molar-refractivity contribution in [2.24, 2.45) is 0 Å². The van der Waals surface area contributed by atoms with Crippen LogP contribution in [0.5, 0.6) is 0 Å². The van der Waals surface area contributed by atoms with Crippen LogP contribution in [0.25, 0.3) is 0 Å². The summed E-state index contributed by atoms with van der Waals surface area (Å²) >= 11 is 0. The zero-order chi connectivity index (χ0) is 5.70. The van der Waals surface area contributed by atoms with Gasteiger partial charge < -0.3 is 10.7 Å². The second-order valence-electron chi connectivity index (χ2n) is 1.63. The molecular formula is C5H10NO-. The van der Waals surface area contributed by atoms with E-state index in [1.807, 2.05) is 19.9 Å². The highest BCUT2D eigenvalue weighted by molar-refractivity contribution is 4.94. The normalized spacial score (nSPS) is 8.43. The van der Waals surface area contributed by atoms with Crippen molar-refractivity contribution in [1.29, 1.82) is 0 Å². The van der Waals surface area contributed by atoms with Gasteiger partial charge in [-0.3, -0.25) is 0 Å². The van der Waals surface area contributed by atoms with Gasteiger partial charge in [-0.2, -0.15) is 0 Å². The van der Waals surface area contributed by atoms with Crippen LogP contribution in [-0.2, 0) is 0 Å². The van der Waals surface area contributed by atoms with E-state index in [4.69, 9.17) is 0 Å². The first kappa shape index (κ1) is 6.66. The molecule has 0 aromatic heterocycles. The van der Waals surface area contributed by atoms with Crippen LogP contribution in [0.2, 0.25) is 0 Å². The molecular weight excluding hydrogens is 90.1 g/mol. The van der Waals surface area contributed by atoms with Gasteiger partial charge in [-0.1, -0.05) is 11.6 Å². The molecule has 42 valence electrons. The number of nitrogens with one attached hydrogen (secondary N) is 1. The Kier molecular flexibility index (Phi) is 3.65. The molecule has 0 heterocycles. The van der Waals surface area contributed by atoms with Crippen LogP contribution in [0.4, 0.5) is 0 Å². The molecule has 1 N–H and O–H groups in total. The summed E-state index contributed by atoms with van der Waals surface area (Å²) in [6.45, 7) is 4.34. The monoisotopic (exact) mass is 100 g/mol. The minimum Gasteiger partial charge on any atom is -0.788 e. The van der Waals surface area contributed by atoms with Crippen LogP contribution >= 0.6 is 0 Å². The molecule has 7 heavy (non-hydrogen) atoms. The molecule has 0 unspecified atom stereocenters. The second kappa shape index (κ2) is 3.84. The Balaban J connectivity index is 3.08. The van der Waals surface area contributed by atoms with Gasteiger partial charge in [0.1, 0.15) is 0 Å². The SMILES string of the molecule is CC(C)=CCN[O-]. The first-order chi connectivity index (χ1) is 3.27. The minimum absolute atomic E-state index is 0.433. The second-order valence-corrected chi connectivity index (χ2v) is 1.63. The summed E-state index contributed by atoms with van der Waals surface area (Å²) in [5, 5.41) is 9.54. The summed E-state index contributed by atoms with van der Waals surface area (Å²) in [6, 6.07) is 0. The lowest BCUT2D eigenvalue weighted by molar-refractivity contribution is 0.984. The van der Waals surface area contributed by atoms with Crippen molar-refractivity contribution in [3.8, 4) is 0 Å². The van der Waals surface area contributed by atoms with Crippen molar-refractivity contribution in [2.75, 3.05) is 6.54 Å². The fraction of sp³-hybridized carbons (Fsp3) is 0.600. The Labute approximate surface area is 43.8 Å². The van der Waals surface area contributed by atoms with Crippen LogP contribution in [-0.4, -0.2) is 6.54 Å². The van der Waals surface area contributed by atoms with Gasteiger partial charge in [0.05, 0.1) is 0 Å².